The van der Waals surface area contributed by atoms with Crippen LogP contribution in [-0.2, 0) is 9.59 Å². The molecule has 0 bridgehead atoms. The summed E-state index contributed by atoms with van der Waals surface area (Å²) in [4.78, 5) is 28.1. The molecule has 1 aromatic carbocycles. The van der Waals surface area contributed by atoms with Gasteiger partial charge in [-0.15, -0.1) is 24.8 Å². The Morgan fingerprint density at radius 2 is 1.67 bits per heavy atom. The number of rotatable bonds is 6. The highest BCUT2D eigenvalue weighted by molar-refractivity contribution is 5.92. The average molecular weight is 423 g/mol. The molecule has 2 amide bonds. The van der Waals surface area contributed by atoms with Crippen LogP contribution in [0.4, 0.5) is 10.1 Å². The van der Waals surface area contributed by atoms with Gasteiger partial charge in [0.05, 0.1) is 12.6 Å². The first-order valence-electron chi connectivity index (χ1n) is 8.67. The van der Waals surface area contributed by atoms with Gasteiger partial charge in [0.25, 0.3) is 0 Å². The minimum atomic E-state index is -0.451. The summed E-state index contributed by atoms with van der Waals surface area (Å²) in [6.45, 7) is 6.77. The van der Waals surface area contributed by atoms with Crippen molar-refractivity contribution in [2.45, 2.75) is 26.3 Å². The van der Waals surface area contributed by atoms with Crippen LogP contribution in [0.15, 0.2) is 24.3 Å². The van der Waals surface area contributed by atoms with E-state index in [1.54, 1.807) is 4.90 Å². The summed E-state index contributed by atoms with van der Waals surface area (Å²) in [5.74, 6) is -0.114. The molecule has 3 N–H and O–H groups in total. The van der Waals surface area contributed by atoms with Crippen LogP contribution in [0.25, 0.3) is 0 Å². The molecule has 0 aromatic heterocycles. The molecule has 1 aliphatic rings. The maximum atomic E-state index is 12.9. The van der Waals surface area contributed by atoms with Crippen molar-refractivity contribution in [1.82, 2.24) is 9.80 Å². The number of hydrogen-bond acceptors (Lipinski definition) is 4. The Morgan fingerprint density at radius 1 is 1.11 bits per heavy atom. The van der Waals surface area contributed by atoms with Gasteiger partial charge in [-0.3, -0.25) is 14.5 Å². The highest BCUT2D eigenvalue weighted by Crippen LogP contribution is 2.10. The molecule has 0 saturated carbocycles. The molecule has 1 aliphatic heterocycles. The van der Waals surface area contributed by atoms with Crippen molar-refractivity contribution in [2.24, 2.45) is 11.7 Å². The van der Waals surface area contributed by atoms with Crippen molar-refractivity contribution in [3.05, 3.63) is 30.1 Å². The van der Waals surface area contributed by atoms with E-state index in [0.29, 0.717) is 44.2 Å². The second kappa shape index (κ2) is 12.1. The van der Waals surface area contributed by atoms with E-state index in [0.717, 1.165) is 0 Å². The molecule has 6 nitrogen and oxygen atoms in total. The van der Waals surface area contributed by atoms with Crippen LogP contribution >= 0.6 is 24.8 Å². The normalized spacial score (nSPS) is 15.5. The van der Waals surface area contributed by atoms with E-state index in [1.807, 2.05) is 18.7 Å². The number of hydrogen-bond donors (Lipinski definition) is 2. The van der Waals surface area contributed by atoms with Crippen LogP contribution in [0.1, 0.15) is 20.3 Å². The molecule has 1 fully saturated rings. The van der Waals surface area contributed by atoms with E-state index in [4.69, 9.17) is 5.73 Å². The van der Waals surface area contributed by atoms with Gasteiger partial charge in [-0.2, -0.15) is 0 Å². The number of halogens is 3. The van der Waals surface area contributed by atoms with Gasteiger partial charge in [0.15, 0.2) is 0 Å². The van der Waals surface area contributed by atoms with E-state index in [9.17, 15) is 14.0 Å². The average Bonchev–Trinajstić information content (AvgIpc) is 2.56. The van der Waals surface area contributed by atoms with Crippen LogP contribution in [0.3, 0.4) is 0 Å². The molecule has 0 aliphatic carbocycles. The molecule has 2 rings (SSSR count). The van der Waals surface area contributed by atoms with Crippen molar-refractivity contribution < 1.29 is 14.0 Å². The molecular weight excluding hydrogens is 394 g/mol. The Bertz CT molecular complexity index is 594. The zero-order valence-electron chi connectivity index (χ0n) is 15.7. The molecular formula is C18H29Cl2FN4O2. The van der Waals surface area contributed by atoms with Gasteiger partial charge < -0.3 is 16.0 Å². The number of benzene rings is 1. The van der Waals surface area contributed by atoms with Crippen LogP contribution < -0.4 is 11.1 Å². The third-order valence-corrected chi connectivity index (χ3v) is 4.22. The molecule has 9 heteroatoms. The van der Waals surface area contributed by atoms with Crippen LogP contribution in [0.2, 0.25) is 0 Å². The quantitative estimate of drug-likeness (QED) is 0.735. The Morgan fingerprint density at radius 3 is 2.19 bits per heavy atom. The minimum Gasteiger partial charge on any atom is -0.339 e. The molecule has 154 valence electrons. The largest absolute Gasteiger partial charge is 0.339 e. The number of nitrogens with two attached hydrogens (primary N) is 1. The number of amides is 2. The predicted molar refractivity (Wildman–Crippen MR) is 110 cm³/mol. The van der Waals surface area contributed by atoms with Crippen molar-refractivity contribution in [3.63, 3.8) is 0 Å². The zero-order chi connectivity index (χ0) is 18.4. The van der Waals surface area contributed by atoms with Crippen molar-refractivity contribution in [2.75, 3.05) is 38.0 Å². The van der Waals surface area contributed by atoms with Gasteiger partial charge in [0.2, 0.25) is 11.8 Å². The fraction of sp³-hybridized carbons (Fsp3) is 0.556. The first-order valence-corrected chi connectivity index (χ1v) is 8.67. The summed E-state index contributed by atoms with van der Waals surface area (Å²) in [6, 6.07) is 5.22. The third-order valence-electron chi connectivity index (χ3n) is 4.22. The van der Waals surface area contributed by atoms with Crippen LogP contribution in [-0.4, -0.2) is 60.4 Å². The Hall–Kier alpha value is -1.41. The summed E-state index contributed by atoms with van der Waals surface area (Å²) in [5.41, 5.74) is 6.53. The number of nitrogens with one attached hydrogen (secondary N) is 1. The van der Waals surface area contributed by atoms with Gasteiger partial charge in [0.1, 0.15) is 5.82 Å². The summed E-state index contributed by atoms with van der Waals surface area (Å²) in [6.07, 6.45) is 0.680. The van der Waals surface area contributed by atoms with Gasteiger partial charge in [-0.05, 0) is 36.6 Å². The fourth-order valence-corrected chi connectivity index (χ4v) is 2.91. The number of nitrogens with zero attached hydrogens (tertiary/aromatic N) is 2. The molecule has 0 spiro atoms. The molecule has 1 atom stereocenters. The summed E-state index contributed by atoms with van der Waals surface area (Å²) in [5, 5.41) is 2.74. The maximum absolute atomic E-state index is 12.9. The second-order valence-electron chi connectivity index (χ2n) is 6.89. The van der Waals surface area contributed by atoms with Gasteiger partial charge in [-0.25, -0.2) is 4.39 Å². The lowest BCUT2D eigenvalue weighted by atomic mass is 10.0. The first kappa shape index (κ1) is 25.6. The highest BCUT2D eigenvalue weighted by Gasteiger charge is 2.26. The lowest BCUT2D eigenvalue weighted by Gasteiger charge is -2.35. The summed E-state index contributed by atoms with van der Waals surface area (Å²) < 4.78 is 12.9. The molecule has 0 unspecified atom stereocenters. The topological polar surface area (TPSA) is 78.7 Å². The van der Waals surface area contributed by atoms with E-state index >= 15 is 0 Å². The maximum Gasteiger partial charge on any atom is 0.239 e. The molecule has 1 saturated heterocycles. The number of carbonyl (C=O) groups excluding carboxylic acids is 2. The monoisotopic (exact) mass is 422 g/mol. The van der Waals surface area contributed by atoms with Crippen LogP contribution in [0, 0.1) is 11.7 Å². The zero-order valence-corrected chi connectivity index (χ0v) is 17.3. The predicted octanol–water partition coefficient (Wildman–Crippen LogP) is 2.13. The van der Waals surface area contributed by atoms with Crippen molar-refractivity contribution in [1.29, 1.82) is 0 Å². The summed E-state index contributed by atoms with van der Waals surface area (Å²) >= 11 is 0. The molecule has 1 heterocycles. The lowest BCUT2D eigenvalue weighted by molar-refractivity contribution is -0.134. The number of piperazine rings is 1. The smallest absolute Gasteiger partial charge is 0.239 e. The highest BCUT2D eigenvalue weighted by atomic mass is 35.5. The van der Waals surface area contributed by atoms with Gasteiger partial charge in [-0.1, -0.05) is 13.8 Å². The van der Waals surface area contributed by atoms with E-state index in [-0.39, 0.29) is 49.0 Å². The minimum absolute atomic E-state index is 0. The SMILES string of the molecule is CC(C)C[C@H](N)C(=O)N1CCN(CC(=O)Nc2ccc(F)cc2)CC1.Cl.Cl. The van der Waals surface area contributed by atoms with Crippen molar-refractivity contribution >= 4 is 42.3 Å². The third kappa shape index (κ3) is 8.43. The van der Waals surface area contributed by atoms with Crippen LogP contribution in [0.5, 0.6) is 0 Å². The second-order valence-corrected chi connectivity index (χ2v) is 6.89. The lowest BCUT2D eigenvalue weighted by Crippen LogP contribution is -2.54. The van der Waals surface area contributed by atoms with E-state index in [2.05, 4.69) is 5.32 Å². The Kier molecular flexibility index (Phi) is 11.5. The number of carbonyl (C=O) groups is 2. The molecule has 27 heavy (non-hydrogen) atoms. The fourth-order valence-electron chi connectivity index (χ4n) is 2.91. The summed E-state index contributed by atoms with van der Waals surface area (Å²) in [7, 11) is 0. The van der Waals surface area contributed by atoms with Gasteiger partial charge in [0, 0.05) is 31.9 Å². The standard InChI is InChI=1S/C18H27FN4O2.2ClH/c1-13(2)11-16(20)18(25)23-9-7-22(8-10-23)12-17(24)21-15-5-3-14(19)4-6-15;;/h3-6,13,16H,7-12,20H2,1-2H3,(H,21,24);2*1H/t16-;;/m0../s1. The Balaban J connectivity index is 0.00000338. The molecule has 0 radical (unpaired) electrons. The Labute approximate surface area is 172 Å². The van der Waals surface area contributed by atoms with E-state index < -0.39 is 6.04 Å². The van der Waals surface area contributed by atoms with E-state index in [1.165, 1.54) is 24.3 Å². The van der Waals surface area contributed by atoms with Crippen molar-refractivity contribution in [3.8, 4) is 0 Å². The first-order chi connectivity index (χ1) is 11.8. The van der Waals surface area contributed by atoms with Gasteiger partial charge >= 0.3 is 0 Å². The number of anilines is 1. The molecule has 1 aromatic rings.